The number of aromatic nitrogens is 6. The van der Waals surface area contributed by atoms with Crippen molar-refractivity contribution in [2.75, 3.05) is 30.0 Å². The maximum atomic E-state index is 11.8. The largest absolute Gasteiger partial charge is 0.491 e. The number of rotatable bonds is 8. The number of aryl methyl sites for hydroxylation is 2. The molecule has 0 aliphatic heterocycles. The molecule has 1 aromatic carbocycles. The van der Waals surface area contributed by atoms with Crippen LogP contribution in [0.4, 0.5) is 17.3 Å². The van der Waals surface area contributed by atoms with Crippen molar-refractivity contribution in [2.24, 2.45) is 7.05 Å². The first-order valence-corrected chi connectivity index (χ1v) is 11.9. The minimum absolute atomic E-state index is 0.0543. The van der Waals surface area contributed by atoms with E-state index >= 15 is 0 Å². The highest BCUT2D eigenvalue weighted by Crippen LogP contribution is 2.37. The monoisotopic (exact) mass is 484 g/mol. The molecule has 0 aliphatic rings. The van der Waals surface area contributed by atoms with Gasteiger partial charge >= 0.3 is 6.01 Å². The maximum absolute atomic E-state index is 11.8. The van der Waals surface area contributed by atoms with E-state index in [1.807, 2.05) is 13.0 Å². The van der Waals surface area contributed by atoms with E-state index in [0.29, 0.717) is 40.1 Å². The second kappa shape index (κ2) is 9.02. The van der Waals surface area contributed by atoms with Gasteiger partial charge in [0, 0.05) is 37.6 Å². The molecule has 4 rings (SSSR count). The van der Waals surface area contributed by atoms with E-state index in [1.165, 1.54) is 18.5 Å². The number of aromatic amines is 1. The highest BCUT2D eigenvalue weighted by molar-refractivity contribution is 7.92. The summed E-state index contributed by atoms with van der Waals surface area (Å²) in [5.41, 5.74) is 2.55. The summed E-state index contributed by atoms with van der Waals surface area (Å²) < 4.78 is 37.9. The van der Waals surface area contributed by atoms with E-state index in [4.69, 9.17) is 9.47 Å². The Morgan fingerprint density at radius 1 is 1.18 bits per heavy atom. The van der Waals surface area contributed by atoms with Crippen molar-refractivity contribution in [3.05, 3.63) is 48.4 Å². The van der Waals surface area contributed by atoms with Gasteiger partial charge in [0.05, 0.1) is 25.2 Å². The summed E-state index contributed by atoms with van der Waals surface area (Å²) in [6.45, 7) is 1.88. The van der Waals surface area contributed by atoms with Gasteiger partial charge in [-0.05, 0) is 31.2 Å². The molecule has 0 amide bonds. The molecule has 0 spiro atoms. The van der Waals surface area contributed by atoms with Gasteiger partial charge in [-0.1, -0.05) is 0 Å². The van der Waals surface area contributed by atoms with Gasteiger partial charge < -0.3 is 14.8 Å². The molecule has 4 aromatic rings. The highest BCUT2D eigenvalue weighted by atomic mass is 32.2. The Hall–Kier alpha value is -4.13. The van der Waals surface area contributed by atoms with Gasteiger partial charge in [0.25, 0.3) is 0 Å². The average Bonchev–Trinajstić information content (AvgIpc) is 3.40. The number of benzene rings is 1. The molecule has 0 fully saturated rings. The van der Waals surface area contributed by atoms with Crippen LogP contribution in [0, 0.1) is 6.92 Å². The molecule has 0 aliphatic carbocycles. The summed E-state index contributed by atoms with van der Waals surface area (Å²) in [4.78, 5) is 9.02. The van der Waals surface area contributed by atoms with Crippen LogP contribution < -0.4 is 19.1 Å². The third-order valence-electron chi connectivity index (χ3n) is 4.89. The van der Waals surface area contributed by atoms with E-state index < -0.39 is 10.0 Å². The van der Waals surface area contributed by atoms with Crippen LogP contribution in [0.5, 0.6) is 17.5 Å². The number of H-pyrrole nitrogens is 1. The van der Waals surface area contributed by atoms with Gasteiger partial charge in [-0.15, -0.1) is 0 Å². The second-order valence-electron chi connectivity index (χ2n) is 7.53. The molecular formula is C21H24N8O4S. The SMILES string of the molecule is COc1c(Nc2cc(C)[nH]n2)nc(Oc2ccc(N(C)S(C)(=O)=O)cc2)nc1-c1cnn(C)c1. The van der Waals surface area contributed by atoms with Crippen LogP contribution in [0.2, 0.25) is 0 Å². The summed E-state index contributed by atoms with van der Waals surface area (Å²) in [6, 6.07) is 8.42. The predicted molar refractivity (Wildman–Crippen MR) is 127 cm³/mol. The maximum Gasteiger partial charge on any atom is 0.324 e. The van der Waals surface area contributed by atoms with E-state index in [-0.39, 0.29) is 6.01 Å². The third kappa shape index (κ3) is 4.93. The lowest BCUT2D eigenvalue weighted by Crippen LogP contribution is -2.24. The van der Waals surface area contributed by atoms with E-state index in [1.54, 1.807) is 48.4 Å². The molecule has 0 radical (unpaired) electrons. The van der Waals surface area contributed by atoms with Gasteiger partial charge in [-0.2, -0.15) is 20.2 Å². The van der Waals surface area contributed by atoms with E-state index in [2.05, 4.69) is 30.6 Å². The molecule has 0 saturated heterocycles. The first-order valence-electron chi connectivity index (χ1n) is 10.1. The topological polar surface area (TPSA) is 140 Å². The van der Waals surface area contributed by atoms with Gasteiger partial charge in [0.1, 0.15) is 11.4 Å². The number of hydrogen-bond acceptors (Lipinski definition) is 9. The molecule has 3 aromatic heterocycles. The highest BCUT2D eigenvalue weighted by Gasteiger charge is 2.20. The van der Waals surface area contributed by atoms with Gasteiger partial charge in [0.2, 0.25) is 10.0 Å². The summed E-state index contributed by atoms with van der Waals surface area (Å²) >= 11 is 0. The van der Waals surface area contributed by atoms with Gasteiger partial charge in [-0.3, -0.25) is 14.1 Å². The first kappa shape index (κ1) is 23.0. The van der Waals surface area contributed by atoms with Crippen molar-refractivity contribution in [1.29, 1.82) is 0 Å². The Bertz CT molecular complexity index is 1410. The molecule has 13 heteroatoms. The van der Waals surface area contributed by atoms with Crippen molar-refractivity contribution in [3.63, 3.8) is 0 Å². The van der Waals surface area contributed by atoms with Crippen molar-refractivity contribution < 1.29 is 17.9 Å². The molecule has 3 heterocycles. The Morgan fingerprint density at radius 3 is 2.47 bits per heavy atom. The summed E-state index contributed by atoms with van der Waals surface area (Å²) in [7, 11) is 1.43. The number of nitrogens with zero attached hydrogens (tertiary/aromatic N) is 6. The van der Waals surface area contributed by atoms with Crippen LogP contribution in [0.25, 0.3) is 11.3 Å². The molecule has 0 unspecified atom stereocenters. The number of anilines is 3. The Morgan fingerprint density at radius 2 is 1.91 bits per heavy atom. The summed E-state index contributed by atoms with van der Waals surface area (Å²) in [6.07, 6.45) is 4.60. The molecule has 12 nitrogen and oxygen atoms in total. The zero-order valence-corrected chi connectivity index (χ0v) is 20.1. The summed E-state index contributed by atoms with van der Waals surface area (Å²) in [5, 5.41) is 14.4. The second-order valence-corrected chi connectivity index (χ2v) is 9.54. The van der Waals surface area contributed by atoms with Gasteiger partial charge in [-0.25, -0.2) is 8.42 Å². The van der Waals surface area contributed by atoms with Gasteiger partial charge in [0.15, 0.2) is 17.4 Å². The molecule has 0 atom stereocenters. The summed E-state index contributed by atoms with van der Waals surface area (Å²) in [5.74, 6) is 1.72. The number of hydrogen-bond donors (Lipinski definition) is 2. The zero-order chi connectivity index (χ0) is 24.5. The average molecular weight is 485 g/mol. The molecule has 34 heavy (non-hydrogen) atoms. The van der Waals surface area contributed by atoms with E-state index in [0.717, 1.165) is 11.9 Å². The fourth-order valence-electron chi connectivity index (χ4n) is 3.12. The minimum atomic E-state index is -3.37. The first-order chi connectivity index (χ1) is 16.1. The van der Waals surface area contributed by atoms with E-state index in [9.17, 15) is 8.42 Å². The molecular weight excluding hydrogens is 460 g/mol. The smallest absolute Gasteiger partial charge is 0.324 e. The molecule has 0 bridgehead atoms. The Balaban J connectivity index is 1.72. The van der Waals surface area contributed by atoms with Crippen LogP contribution in [-0.4, -0.2) is 58.8 Å². The number of methoxy groups -OCH3 is 1. The fourth-order valence-corrected chi connectivity index (χ4v) is 3.62. The number of sulfonamides is 1. The van der Waals surface area contributed by atoms with Crippen LogP contribution in [-0.2, 0) is 17.1 Å². The minimum Gasteiger partial charge on any atom is -0.491 e. The lowest BCUT2D eigenvalue weighted by Gasteiger charge is -2.17. The normalized spacial score (nSPS) is 11.3. The van der Waals surface area contributed by atoms with Crippen molar-refractivity contribution in [3.8, 4) is 28.8 Å². The fraction of sp³-hybridized carbons (Fsp3) is 0.238. The molecule has 178 valence electrons. The van der Waals surface area contributed by atoms with Crippen molar-refractivity contribution >= 4 is 27.3 Å². The molecule has 2 N–H and O–H groups in total. The van der Waals surface area contributed by atoms with Crippen LogP contribution in [0.1, 0.15) is 5.69 Å². The van der Waals surface area contributed by atoms with Crippen LogP contribution in [0.3, 0.4) is 0 Å². The third-order valence-corrected chi connectivity index (χ3v) is 6.09. The van der Waals surface area contributed by atoms with Crippen molar-refractivity contribution in [2.45, 2.75) is 6.92 Å². The quantitative estimate of drug-likeness (QED) is 0.386. The number of ether oxygens (including phenoxy) is 2. The van der Waals surface area contributed by atoms with Crippen molar-refractivity contribution in [1.82, 2.24) is 29.9 Å². The Kier molecular flexibility index (Phi) is 6.11. The van der Waals surface area contributed by atoms with Crippen LogP contribution >= 0.6 is 0 Å². The zero-order valence-electron chi connectivity index (χ0n) is 19.3. The van der Waals surface area contributed by atoms with Crippen LogP contribution in [0.15, 0.2) is 42.7 Å². The molecule has 0 saturated carbocycles. The lowest BCUT2D eigenvalue weighted by atomic mass is 10.2. The number of nitrogens with one attached hydrogen (secondary N) is 2. The Labute approximate surface area is 196 Å². The standard InChI is InChI=1S/C21H24N8O4S/c1-13-10-17(27-26-13)23-20-19(32-4)18(14-11-22-28(2)12-14)24-21(25-20)33-16-8-6-15(7-9-16)29(3)34(5,30)31/h6-12H,1-5H3,(H2,23,24,25,26,27). The lowest BCUT2D eigenvalue weighted by molar-refractivity contribution is 0.404. The predicted octanol–water partition coefficient (Wildman–Crippen LogP) is 2.85.